The minimum absolute atomic E-state index is 0.461. The molecule has 0 bridgehead atoms. The predicted molar refractivity (Wildman–Crippen MR) is 77.6 cm³/mol. The largest absolute Gasteiger partial charge is 0.227 e. The number of aromatic nitrogens is 2. The maximum absolute atomic E-state index is 6.21. The molecule has 0 N–H and O–H groups in total. The lowest BCUT2D eigenvalue weighted by Gasteiger charge is -2.05. The number of hydrogen-bond acceptors (Lipinski definition) is 3. The summed E-state index contributed by atoms with van der Waals surface area (Å²) >= 11 is 13.8. The number of thiophene rings is 1. The highest BCUT2D eigenvalue weighted by molar-refractivity contribution is 7.14. The molecule has 0 spiro atoms. The Bertz CT molecular complexity index is 737. The van der Waals surface area contributed by atoms with Crippen LogP contribution in [0.25, 0.3) is 21.6 Å². The molecule has 2 nitrogen and oxygen atoms in total. The topological polar surface area (TPSA) is 25.8 Å². The van der Waals surface area contributed by atoms with Crippen LogP contribution in [0.15, 0.2) is 29.6 Å². The number of rotatable bonds is 1. The summed E-state index contributed by atoms with van der Waals surface area (Å²) in [6, 6.07) is 7.71. The van der Waals surface area contributed by atoms with Crippen LogP contribution in [0.1, 0.15) is 5.56 Å². The van der Waals surface area contributed by atoms with E-state index in [2.05, 4.69) is 9.97 Å². The van der Waals surface area contributed by atoms with Gasteiger partial charge in [0, 0.05) is 5.39 Å². The van der Waals surface area contributed by atoms with Gasteiger partial charge in [0.1, 0.15) is 5.15 Å². The molecule has 1 aromatic carbocycles. The summed E-state index contributed by atoms with van der Waals surface area (Å²) in [5, 5.41) is 3.90. The van der Waals surface area contributed by atoms with Gasteiger partial charge in [0.15, 0.2) is 5.82 Å². The fraction of sp³-hybridized carbons (Fsp3) is 0.0769. The summed E-state index contributed by atoms with van der Waals surface area (Å²) in [5.41, 5.74) is 1.95. The molecular formula is C13H8Cl2N2S. The normalized spacial score (nSPS) is 11.1. The van der Waals surface area contributed by atoms with Crippen LogP contribution in [-0.4, -0.2) is 9.97 Å². The van der Waals surface area contributed by atoms with Crippen molar-refractivity contribution >= 4 is 45.4 Å². The van der Waals surface area contributed by atoms with Gasteiger partial charge < -0.3 is 0 Å². The van der Waals surface area contributed by atoms with E-state index >= 15 is 0 Å². The van der Waals surface area contributed by atoms with Crippen molar-refractivity contribution in [3.05, 3.63) is 45.4 Å². The van der Waals surface area contributed by atoms with Crippen molar-refractivity contribution in [2.45, 2.75) is 6.92 Å². The van der Waals surface area contributed by atoms with Gasteiger partial charge in [-0.05, 0) is 30.0 Å². The highest BCUT2D eigenvalue weighted by Crippen LogP contribution is 2.33. The van der Waals surface area contributed by atoms with Gasteiger partial charge in [0.05, 0.1) is 15.4 Å². The number of halogens is 2. The third kappa shape index (κ3) is 1.88. The van der Waals surface area contributed by atoms with Crippen molar-refractivity contribution in [2.75, 3.05) is 0 Å². The molecule has 2 aromatic heterocycles. The Balaban J connectivity index is 2.34. The monoisotopic (exact) mass is 294 g/mol. The third-order valence-electron chi connectivity index (χ3n) is 2.70. The third-order valence-corrected chi connectivity index (χ3v) is 4.33. The molecule has 0 saturated carbocycles. The first-order valence-electron chi connectivity index (χ1n) is 5.33. The number of benzene rings is 1. The molecule has 0 atom stereocenters. The lowest BCUT2D eigenvalue weighted by Crippen LogP contribution is -1.92. The fourth-order valence-corrected chi connectivity index (χ4v) is 3.12. The van der Waals surface area contributed by atoms with Crippen LogP contribution in [0.5, 0.6) is 0 Å². The van der Waals surface area contributed by atoms with Gasteiger partial charge in [0.25, 0.3) is 0 Å². The minimum Gasteiger partial charge on any atom is -0.227 e. The van der Waals surface area contributed by atoms with E-state index in [0.29, 0.717) is 16.0 Å². The van der Waals surface area contributed by atoms with E-state index in [1.807, 2.05) is 36.6 Å². The van der Waals surface area contributed by atoms with E-state index in [0.717, 1.165) is 21.3 Å². The van der Waals surface area contributed by atoms with E-state index in [1.165, 1.54) is 11.3 Å². The van der Waals surface area contributed by atoms with Crippen LogP contribution in [0.4, 0.5) is 0 Å². The molecule has 0 amide bonds. The van der Waals surface area contributed by atoms with Gasteiger partial charge >= 0.3 is 0 Å². The molecule has 0 fully saturated rings. The molecule has 18 heavy (non-hydrogen) atoms. The molecule has 90 valence electrons. The Hall–Kier alpha value is -1.16. The maximum atomic E-state index is 6.21. The van der Waals surface area contributed by atoms with Crippen LogP contribution in [-0.2, 0) is 0 Å². The highest BCUT2D eigenvalue weighted by atomic mass is 35.5. The zero-order valence-electron chi connectivity index (χ0n) is 9.45. The van der Waals surface area contributed by atoms with Crippen molar-refractivity contribution < 1.29 is 0 Å². The number of para-hydroxylation sites is 1. The Morgan fingerprint density at radius 2 is 1.94 bits per heavy atom. The van der Waals surface area contributed by atoms with Crippen molar-refractivity contribution in [3.63, 3.8) is 0 Å². The first kappa shape index (κ1) is 11.9. The zero-order valence-corrected chi connectivity index (χ0v) is 11.8. The Kier molecular flexibility index (Phi) is 2.98. The molecule has 0 aliphatic rings. The predicted octanol–water partition coefficient (Wildman–Crippen LogP) is 4.97. The standard InChI is InChI=1S/C13H8Cl2N2S/c1-7-3-2-4-8-10(7)16-13(17-12(8)15)11-9(14)5-6-18-11/h2-6H,1H3. The van der Waals surface area contributed by atoms with Crippen LogP contribution in [0.3, 0.4) is 0 Å². The lowest BCUT2D eigenvalue weighted by atomic mass is 10.1. The second kappa shape index (κ2) is 4.50. The minimum atomic E-state index is 0.461. The van der Waals surface area contributed by atoms with Gasteiger partial charge in [-0.15, -0.1) is 11.3 Å². The van der Waals surface area contributed by atoms with E-state index in [1.54, 1.807) is 0 Å². The van der Waals surface area contributed by atoms with Crippen LogP contribution in [0, 0.1) is 6.92 Å². The van der Waals surface area contributed by atoms with E-state index in [9.17, 15) is 0 Å². The van der Waals surface area contributed by atoms with Crippen LogP contribution >= 0.6 is 34.5 Å². The summed E-state index contributed by atoms with van der Waals surface area (Å²) in [5.74, 6) is 0.585. The Morgan fingerprint density at radius 1 is 1.11 bits per heavy atom. The molecule has 0 unspecified atom stereocenters. The van der Waals surface area contributed by atoms with Gasteiger partial charge in [0.2, 0.25) is 0 Å². The van der Waals surface area contributed by atoms with E-state index < -0.39 is 0 Å². The zero-order chi connectivity index (χ0) is 12.7. The molecule has 0 aliphatic carbocycles. The van der Waals surface area contributed by atoms with Gasteiger partial charge in [-0.2, -0.15) is 0 Å². The maximum Gasteiger partial charge on any atom is 0.173 e. The molecule has 0 saturated heterocycles. The molecular weight excluding hydrogens is 287 g/mol. The second-order valence-electron chi connectivity index (χ2n) is 3.91. The van der Waals surface area contributed by atoms with Gasteiger partial charge in [-0.3, -0.25) is 0 Å². The molecule has 0 radical (unpaired) electrons. The molecule has 2 heterocycles. The average Bonchev–Trinajstić information content (AvgIpc) is 2.77. The first-order valence-corrected chi connectivity index (χ1v) is 6.96. The number of nitrogens with zero attached hydrogens (tertiary/aromatic N) is 2. The van der Waals surface area contributed by atoms with Gasteiger partial charge in [-0.25, -0.2) is 9.97 Å². The average molecular weight is 295 g/mol. The fourth-order valence-electron chi connectivity index (χ4n) is 1.81. The van der Waals surface area contributed by atoms with Crippen LogP contribution < -0.4 is 0 Å². The summed E-state index contributed by atoms with van der Waals surface area (Å²) in [6.07, 6.45) is 0. The molecule has 3 aromatic rings. The van der Waals surface area contributed by atoms with Crippen molar-refractivity contribution in [3.8, 4) is 10.7 Å². The van der Waals surface area contributed by atoms with Gasteiger partial charge in [-0.1, -0.05) is 35.3 Å². The van der Waals surface area contributed by atoms with E-state index in [-0.39, 0.29) is 0 Å². The summed E-state index contributed by atoms with van der Waals surface area (Å²) in [6.45, 7) is 2.01. The second-order valence-corrected chi connectivity index (χ2v) is 5.59. The number of fused-ring (bicyclic) bond motifs is 1. The summed E-state index contributed by atoms with van der Waals surface area (Å²) in [4.78, 5) is 9.75. The molecule has 3 rings (SSSR count). The van der Waals surface area contributed by atoms with Crippen molar-refractivity contribution in [1.29, 1.82) is 0 Å². The molecule has 0 aliphatic heterocycles. The summed E-state index contributed by atoms with van der Waals surface area (Å²) < 4.78 is 0. The van der Waals surface area contributed by atoms with E-state index in [4.69, 9.17) is 23.2 Å². The number of aryl methyl sites for hydroxylation is 1. The Morgan fingerprint density at radius 3 is 2.67 bits per heavy atom. The van der Waals surface area contributed by atoms with Crippen molar-refractivity contribution in [1.82, 2.24) is 9.97 Å². The van der Waals surface area contributed by atoms with Crippen molar-refractivity contribution in [2.24, 2.45) is 0 Å². The summed E-state index contributed by atoms with van der Waals surface area (Å²) in [7, 11) is 0. The number of hydrogen-bond donors (Lipinski definition) is 0. The van der Waals surface area contributed by atoms with Crippen LogP contribution in [0.2, 0.25) is 10.2 Å². The SMILES string of the molecule is Cc1cccc2c(Cl)nc(-c3sccc3Cl)nc12. The first-order chi connectivity index (χ1) is 8.66. The molecule has 5 heteroatoms. The Labute approximate surface area is 118 Å². The highest BCUT2D eigenvalue weighted by Gasteiger charge is 2.12. The quantitative estimate of drug-likeness (QED) is 0.592. The lowest BCUT2D eigenvalue weighted by molar-refractivity contribution is 1.23. The smallest absolute Gasteiger partial charge is 0.173 e.